The Morgan fingerprint density at radius 2 is 1.93 bits per heavy atom. The molecule has 1 aromatic carbocycles. The molecular weight excluding hydrogens is 364 g/mol. The molecule has 1 N–H and O–H groups in total. The average molecular weight is 393 g/mol. The molecule has 2 saturated carbocycles. The lowest BCUT2D eigenvalue weighted by Gasteiger charge is -2.27. The van der Waals surface area contributed by atoms with Crippen molar-refractivity contribution in [2.24, 2.45) is 11.8 Å². The molecule has 3 fully saturated rings. The van der Waals surface area contributed by atoms with Gasteiger partial charge in [0, 0.05) is 19.1 Å². The van der Waals surface area contributed by atoms with E-state index in [1.807, 2.05) is 0 Å². The second-order valence-electron chi connectivity index (χ2n) is 8.12. The first-order valence-corrected chi connectivity index (χ1v) is 11.5. The van der Waals surface area contributed by atoms with Crippen LogP contribution in [0.25, 0.3) is 0 Å². The molecule has 27 heavy (non-hydrogen) atoms. The zero-order valence-corrected chi connectivity index (χ0v) is 16.6. The molecule has 148 valence electrons. The molecule has 1 heterocycles. The second-order valence-corrected chi connectivity index (χ2v) is 9.83. The molecule has 1 amide bonds. The Balaban J connectivity index is 1.58. The Hall–Kier alpha value is -1.60. The van der Waals surface area contributed by atoms with Gasteiger partial charge >= 0.3 is 0 Å². The van der Waals surface area contributed by atoms with Crippen LogP contribution in [0.5, 0.6) is 5.75 Å². The lowest BCUT2D eigenvalue weighted by molar-refractivity contribution is 0.0720. The third-order valence-electron chi connectivity index (χ3n) is 6.40. The zero-order valence-electron chi connectivity index (χ0n) is 15.8. The Kier molecular flexibility index (Phi) is 5.16. The molecule has 7 heteroatoms. The molecule has 3 atom stereocenters. The van der Waals surface area contributed by atoms with Gasteiger partial charge in [-0.05, 0) is 68.6 Å². The third kappa shape index (κ3) is 3.72. The molecule has 0 aromatic heterocycles. The van der Waals surface area contributed by atoms with Crippen LogP contribution in [0.15, 0.2) is 23.1 Å². The standard InChI is InChI=1S/C20H28N2O4S/c1-26-19-8-7-16(13-17(19)20(23)22-9-3-2-4-10-22)27(24,25)21-18-12-14-5-6-15(18)11-14/h7-8,13-15,18,21H,2-6,9-12H2,1H3/t14-,15+,18+/m0/s1. The van der Waals surface area contributed by atoms with Crippen molar-refractivity contribution in [1.82, 2.24) is 9.62 Å². The average Bonchev–Trinajstić information content (AvgIpc) is 3.30. The minimum atomic E-state index is -3.65. The van der Waals surface area contributed by atoms with Gasteiger partial charge in [-0.1, -0.05) is 6.42 Å². The number of hydrogen-bond donors (Lipinski definition) is 1. The van der Waals surface area contributed by atoms with E-state index in [9.17, 15) is 13.2 Å². The Morgan fingerprint density at radius 1 is 1.15 bits per heavy atom. The zero-order chi connectivity index (χ0) is 19.0. The summed E-state index contributed by atoms with van der Waals surface area (Å²) in [6, 6.07) is 4.62. The van der Waals surface area contributed by atoms with E-state index in [4.69, 9.17) is 4.74 Å². The molecular formula is C20H28N2O4S. The Bertz CT molecular complexity index is 817. The fraction of sp³-hybridized carbons (Fsp3) is 0.650. The molecule has 2 bridgehead atoms. The molecule has 2 aliphatic carbocycles. The predicted molar refractivity (Wildman–Crippen MR) is 102 cm³/mol. The summed E-state index contributed by atoms with van der Waals surface area (Å²) in [5.41, 5.74) is 0.329. The maximum atomic E-state index is 12.9. The van der Waals surface area contributed by atoms with Gasteiger partial charge in [-0.3, -0.25) is 4.79 Å². The quantitative estimate of drug-likeness (QED) is 0.836. The number of carbonyl (C=O) groups is 1. The first-order chi connectivity index (χ1) is 13.0. The van der Waals surface area contributed by atoms with E-state index in [0.29, 0.717) is 36.2 Å². The third-order valence-corrected chi connectivity index (χ3v) is 7.89. The fourth-order valence-corrected chi connectivity index (χ4v) is 6.29. The van der Waals surface area contributed by atoms with Gasteiger partial charge in [0.2, 0.25) is 10.0 Å². The maximum absolute atomic E-state index is 12.9. The smallest absolute Gasteiger partial charge is 0.257 e. The van der Waals surface area contributed by atoms with Gasteiger partial charge in [0.1, 0.15) is 5.75 Å². The van der Waals surface area contributed by atoms with Crippen LogP contribution < -0.4 is 9.46 Å². The van der Waals surface area contributed by atoms with Gasteiger partial charge in [-0.15, -0.1) is 0 Å². The van der Waals surface area contributed by atoms with Crippen LogP contribution in [0.1, 0.15) is 55.3 Å². The second kappa shape index (κ2) is 7.43. The number of hydrogen-bond acceptors (Lipinski definition) is 4. The summed E-state index contributed by atoms with van der Waals surface area (Å²) in [5.74, 6) is 1.39. The highest BCUT2D eigenvalue weighted by Crippen LogP contribution is 2.44. The summed E-state index contributed by atoms with van der Waals surface area (Å²) < 4.78 is 34.1. The number of amides is 1. The van der Waals surface area contributed by atoms with Gasteiger partial charge in [0.15, 0.2) is 0 Å². The number of nitrogens with zero attached hydrogens (tertiary/aromatic N) is 1. The number of ether oxygens (including phenoxy) is 1. The van der Waals surface area contributed by atoms with Crippen molar-refractivity contribution in [2.45, 2.75) is 55.9 Å². The SMILES string of the molecule is COc1ccc(S(=O)(=O)N[C@@H]2C[C@H]3CC[C@@H]2C3)cc1C(=O)N1CCCCC1. The van der Waals surface area contributed by atoms with Gasteiger partial charge in [0.05, 0.1) is 17.6 Å². The summed E-state index contributed by atoms with van der Waals surface area (Å²) >= 11 is 0. The van der Waals surface area contributed by atoms with Gasteiger partial charge in [-0.2, -0.15) is 0 Å². The van der Waals surface area contributed by atoms with Crippen LogP contribution >= 0.6 is 0 Å². The highest BCUT2D eigenvalue weighted by Gasteiger charge is 2.41. The highest BCUT2D eigenvalue weighted by atomic mass is 32.2. The number of nitrogens with one attached hydrogen (secondary N) is 1. The number of sulfonamides is 1. The van der Waals surface area contributed by atoms with Crippen molar-refractivity contribution in [1.29, 1.82) is 0 Å². The normalized spacial score (nSPS) is 27.7. The van der Waals surface area contributed by atoms with E-state index in [1.54, 1.807) is 11.0 Å². The minimum Gasteiger partial charge on any atom is -0.496 e. The summed E-state index contributed by atoms with van der Waals surface area (Å²) in [6.07, 6.45) is 7.49. The number of fused-ring (bicyclic) bond motifs is 2. The van der Waals surface area contributed by atoms with Gasteiger partial charge in [0.25, 0.3) is 5.91 Å². The number of methoxy groups -OCH3 is 1. The molecule has 1 aliphatic heterocycles. The van der Waals surface area contributed by atoms with Crippen molar-refractivity contribution in [3.8, 4) is 5.75 Å². The highest BCUT2D eigenvalue weighted by molar-refractivity contribution is 7.89. The molecule has 0 spiro atoms. The summed E-state index contributed by atoms with van der Waals surface area (Å²) in [4.78, 5) is 14.9. The van der Waals surface area contributed by atoms with Crippen LogP contribution in [-0.4, -0.2) is 45.5 Å². The van der Waals surface area contributed by atoms with Crippen LogP contribution in [0, 0.1) is 11.8 Å². The molecule has 0 radical (unpaired) electrons. The van der Waals surface area contributed by atoms with E-state index >= 15 is 0 Å². The maximum Gasteiger partial charge on any atom is 0.257 e. The van der Waals surface area contributed by atoms with Crippen molar-refractivity contribution in [3.63, 3.8) is 0 Å². The molecule has 0 unspecified atom stereocenters. The minimum absolute atomic E-state index is 0.0251. The molecule has 1 saturated heterocycles. The van der Waals surface area contributed by atoms with Crippen LogP contribution in [0.3, 0.4) is 0 Å². The number of piperidine rings is 1. The van der Waals surface area contributed by atoms with E-state index in [-0.39, 0.29) is 16.8 Å². The monoisotopic (exact) mass is 392 g/mol. The molecule has 6 nitrogen and oxygen atoms in total. The van der Waals surface area contributed by atoms with Crippen molar-refractivity contribution in [3.05, 3.63) is 23.8 Å². The number of likely N-dealkylation sites (tertiary alicyclic amines) is 1. The van der Waals surface area contributed by atoms with E-state index in [0.717, 1.165) is 38.5 Å². The summed E-state index contributed by atoms with van der Waals surface area (Å²) in [6.45, 7) is 1.42. The lowest BCUT2D eigenvalue weighted by Crippen LogP contribution is -2.38. The number of carbonyl (C=O) groups excluding carboxylic acids is 1. The molecule has 4 rings (SSSR count). The first-order valence-electron chi connectivity index (χ1n) is 9.97. The fourth-order valence-electron chi connectivity index (χ4n) is 4.95. The Morgan fingerprint density at radius 3 is 2.56 bits per heavy atom. The number of benzene rings is 1. The van der Waals surface area contributed by atoms with E-state index < -0.39 is 10.0 Å². The summed E-state index contributed by atoms with van der Waals surface area (Å²) in [7, 11) is -2.15. The van der Waals surface area contributed by atoms with Crippen molar-refractivity contribution < 1.29 is 17.9 Å². The van der Waals surface area contributed by atoms with E-state index in [2.05, 4.69) is 4.72 Å². The largest absolute Gasteiger partial charge is 0.496 e. The van der Waals surface area contributed by atoms with Crippen LogP contribution in [-0.2, 0) is 10.0 Å². The molecule has 3 aliphatic rings. The topological polar surface area (TPSA) is 75.7 Å². The van der Waals surface area contributed by atoms with Crippen LogP contribution in [0.2, 0.25) is 0 Å². The molecule has 1 aromatic rings. The van der Waals surface area contributed by atoms with Crippen LogP contribution in [0.4, 0.5) is 0 Å². The summed E-state index contributed by atoms with van der Waals surface area (Å²) in [5, 5.41) is 0. The Labute approximate surface area is 161 Å². The first kappa shape index (κ1) is 18.7. The van der Waals surface area contributed by atoms with Crippen molar-refractivity contribution in [2.75, 3.05) is 20.2 Å². The van der Waals surface area contributed by atoms with E-state index in [1.165, 1.54) is 25.7 Å². The number of rotatable bonds is 5. The van der Waals surface area contributed by atoms with Gasteiger partial charge in [-0.25, -0.2) is 13.1 Å². The predicted octanol–water partition coefficient (Wildman–Crippen LogP) is 2.79. The van der Waals surface area contributed by atoms with Gasteiger partial charge < -0.3 is 9.64 Å². The lowest BCUT2D eigenvalue weighted by atomic mass is 9.96. The van der Waals surface area contributed by atoms with Crippen molar-refractivity contribution >= 4 is 15.9 Å².